The summed E-state index contributed by atoms with van der Waals surface area (Å²) in [5, 5.41) is 2.45. The molecule has 0 aromatic carbocycles. The molecule has 1 aromatic rings. The lowest BCUT2D eigenvalue weighted by Crippen LogP contribution is -2.30. The van der Waals surface area contributed by atoms with E-state index >= 15 is 0 Å². The molecule has 1 aliphatic carbocycles. The van der Waals surface area contributed by atoms with E-state index < -0.39 is 12.1 Å². The fraction of sp³-hybridized carbons (Fsp3) is 0.667. The molecule has 0 saturated heterocycles. The number of carbonyl (C=O) groups excluding carboxylic acids is 1. The van der Waals surface area contributed by atoms with Crippen LogP contribution in [0.2, 0.25) is 0 Å². The van der Waals surface area contributed by atoms with Crippen LogP contribution >= 0.6 is 11.3 Å². The summed E-state index contributed by atoms with van der Waals surface area (Å²) >= 11 is 1.31. The van der Waals surface area contributed by atoms with Gasteiger partial charge in [0.15, 0.2) is 0 Å². The quantitative estimate of drug-likeness (QED) is 0.776. The molecule has 0 bridgehead atoms. The number of hydrogen-bond acceptors (Lipinski definition) is 2. The highest BCUT2D eigenvalue weighted by Gasteiger charge is 2.41. The van der Waals surface area contributed by atoms with Gasteiger partial charge in [-0.2, -0.15) is 13.2 Å². The maximum Gasteiger partial charge on any atom is 0.471 e. The van der Waals surface area contributed by atoms with Crippen LogP contribution in [0.3, 0.4) is 0 Å². The van der Waals surface area contributed by atoms with Crippen LogP contribution in [0.4, 0.5) is 18.2 Å². The molecule has 1 amide bonds. The molecule has 1 aromatic heterocycles. The van der Waals surface area contributed by atoms with Gasteiger partial charge in [-0.05, 0) is 41.7 Å². The van der Waals surface area contributed by atoms with Crippen molar-refractivity contribution in [3.63, 3.8) is 0 Å². The predicted octanol–water partition coefficient (Wildman–Crippen LogP) is 4.99. The third-order valence-corrected chi connectivity index (χ3v) is 4.97. The van der Waals surface area contributed by atoms with E-state index in [-0.39, 0.29) is 5.41 Å². The second kappa shape index (κ2) is 5.30. The Hall–Kier alpha value is -1.04. The molecule has 0 spiro atoms. The first-order chi connectivity index (χ1) is 9.51. The molecule has 1 aliphatic rings. The van der Waals surface area contributed by atoms with Crippen LogP contribution < -0.4 is 5.32 Å². The largest absolute Gasteiger partial charge is 0.471 e. The summed E-state index contributed by atoms with van der Waals surface area (Å²) in [6.07, 6.45) is -1.88. The minimum absolute atomic E-state index is 0.302. The number of alkyl halides is 3. The zero-order chi connectivity index (χ0) is 16.0. The zero-order valence-corrected chi connectivity index (χ0v) is 13.5. The van der Waals surface area contributed by atoms with Gasteiger partial charge in [0, 0.05) is 4.88 Å². The van der Waals surface area contributed by atoms with E-state index in [1.54, 1.807) is 0 Å². The van der Waals surface area contributed by atoms with E-state index in [0.717, 1.165) is 35.3 Å². The molecule has 118 valence electrons. The molecule has 1 unspecified atom stereocenters. The number of amides is 1. The third kappa shape index (κ3) is 3.25. The minimum Gasteiger partial charge on any atom is -0.310 e. The van der Waals surface area contributed by atoms with Gasteiger partial charge in [0.05, 0.1) is 5.00 Å². The van der Waals surface area contributed by atoms with E-state index in [1.165, 1.54) is 11.3 Å². The molecule has 2 rings (SSSR count). The van der Waals surface area contributed by atoms with Crippen LogP contribution in [-0.2, 0) is 16.6 Å². The maximum atomic E-state index is 12.5. The normalized spacial score (nSPS) is 19.3. The number of carbonyl (C=O) groups is 1. The first kappa shape index (κ1) is 16.3. The number of thiophene rings is 1. The van der Waals surface area contributed by atoms with Crippen molar-refractivity contribution < 1.29 is 18.0 Å². The molecular formula is C15H20F3NOS. The van der Waals surface area contributed by atoms with E-state index in [0.29, 0.717) is 10.9 Å². The zero-order valence-electron chi connectivity index (χ0n) is 12.6. The molecule has 0 fully saturated rings. The summed E-state index contributed by atoms with van der Waals surface area (Å²) in [4.78, 5) is 12.4. The summed E-state index contributed by atoms with van der Waals surface area (Å²) in [7, 11) is 0. The minimum atomic E-state index is -4.86. The Balaban J connectivity index is 2.49. The van der Waals surface area contributed by atoms with Crippen molar-refractivity contribution in [3.8, 4) is 0 Å². The highest BCUT2D eigenvalue weighted by molar-refractivity contribution is 7.16. The van der Waals surface area contributed by atoms with Gasteiger partial charge in [-0.15, -0.1) is 11.3 Å². The fourth-order valence-corrected chi connectivity index (χ4v) is 4.49. The van der Waals surface area contributed by atoms with Crippen LogP contribution in [0.5, 0.6) is 0 Å². The molecule has 0 saturated carbocycles. The lowest BCUT2D eigenvalue weighted by Gasteiger charge is -2.27. The molecule has 21 heavy (non-hydrogen) atoms. The van der Waals surface area contributed by atoms with Crippen LogP contribution in [0, 0.1) is 0 Å². The first-order valence-corrected chi connectivity index (χ1v) is 7.87. The van der Waals surface area contributed by atoms with Gasteiger partial charge in [-0.3, -0.25) is 4.79 Å². The molecule has 1 N–H and O–H groups in total. The number of nitrogens with one attached hydrogen (secondary N) is 1. The molecule has 6 heteroatoms. The van der Waals surface area contributed by atoms with Crippen molar-refractivity contribution in [2.45, 2.75) is 64.5 Å². The SMILES string of the molecule is CC1CCCc2sc(NC(=O)C(F)(F)F)c(C(C)(C)C)c21. The first-order valence-electron chi connectivity index (χ1n) is 7.06. The van der Waals surface area contributed by atoms with E-state index in [2.05, 4.69) is 12.2 Å². The van der Waals surface area contributed by atoms with Crippen LogP contribution in [0.1, 0.15) is 62.5 Å². The number of rotatable bonds is 1. The van der Waals surface area contributed by atoms with Crippen molar-refractivity contribution in [2.24, 2.45) is 0 Å². The number of aryl methyl sites for hydroxylation is 1. The van der Waals surface area contributed by atoms with Gasteiger partial charge in [-0.25, -0.2) is 0 Å². The molecular weight excluding hydrogens is 299 g/mol. The topological polar surface area (TPSA) is 29.1 Å². The molecule has 2 nitrogen and oxygen atoms in total. The molecule has 0 radical (unpaired) electrons. The highest BCUT2D eigenvalue weighted by Crippen LogP contribution is 2.48. The lowest BCUT2D eigenvalue weighted by atomic mass is 9.78. The Labute approximate surface area is 126 Å². The average molecular weight is 319 g/mol. The second-order valence-electron chi connectivity index (χ2n) is 6.64. The fourth-order valence-electron chi connectivity index (χ4n) is 2.92. The maximum absolute atomic E-state index is 12.5. The Morgan fingerprint density at radius 2 is 1.90 bits per heavy atom. The van der Waals surface area contributed by atoms with Gasteiger partial charge >= 0.3 is 12.1 Å². The average Bonchev–Trinajstić information content (AvgIpc) is 2.66. The Morgan fingerprint density at radius 3 is 2.43 bits per heavy atom. The number of hydrogen-bond donors (Lipinski definition) is 1. The molecule has 0 aliphatic heterocycles. The van der Waals surface area contributed by atoms with Gasteiger partial charge in [0.1, 0.15) is 0 Å². The van der Waals surface area contributed by atoms with Gasteiger partial charge in [0.2, 0.25) is 0 Å². The van der Waals surface area contributed by atoms with Crippen LogP contribution in [0.25, 0.3) is 0 Å². The Kier molecular flexibility index (Phi) is 4.12. The van der Waals surface area contributed by atoms with Crippen molar-refractivity contribution >= 4 is 22.2 Å². The highest BCUT2D eigenvalue weighted by atomic mass is 32.1. The number of anilines is 1. The summed E-state index contributed by atoms with van der Waals surface area (Å²) in [5.74, 6) is -1.56. The lowest BCUT2D eigenvalue weighted by molar-refractivity contribution is -0.167. The summed E-state index contributed by atoms with van der Waals surface area (Å²) in [6.45, 7) is 8.02. The standard InChI is InChI=1S/C15H20F3NOS/c1-8-6-5-7-9-10(8)11(14(2,3)4)12(21-9)19-13(20)15(16,17)18/h8H,5-7H2,1-4H3,(H,19,20). The van der Waals surface area contributed by atoms with Crippen LogP contribution in [-0.4, -0.2) is 12.1 Å². The van der Waals surface area contributed by atoms with E-state index in [9.17, 15) is 18.0 Å². The van der Waals surface area contributed by atoms with E-state index in [1.807, 2.05) is 20.8 Å². The van der Waals surface area contributed by atoms with Gasteiger partial charge in [-0.1, -0.05) is 27.7 Å². The summed E-state index contributed by atoms with van der Waals surface area (Å²) in [6, 6.07) is 0. The molecule has 1 heterocycles. The van der Waals surface area contributed by atoms with Crippen molar-refractivity contribution in [1.29, 1.82) is 0 Å². The summed E-state index contributed by atoms with van der Waals surface area (Å²) < 4.78 is 37.5. The smallest absolute Gasteiger partial charge is 0.310 e. The van der Waals surface area contributed by atoms with Crippen molar-refractivity contribution in [3.05, 3.63) is 16.0 Å². The third-order valence-electron chi connectivity index (χ3n) is 3.79. The van der Waals surface area contributed by atoms with Crippen LogP contribution in [0.15, 0.2) is 0 Å². The van der Waals surface area contributed by atoms with Crippen molar-refractivity contribution in [1.82, 2.24) is 0 Å². The molecule has 1 atom stereocenters. The second-order valence-corrected chi connectivity index (χ2v) is 7.74. The van der Waals surface area contributed by atoms with Gasteiger partial charge < -0.3 is 5.32 Å². The van der Waals surface area contributed by atoms with Gasteiger partial charge in [0.25, 0.3) is 0 Å². The Morgan fingerprint density at radius 1 is 1.29 bits per heavy atom. The number of fused-ring (bicyclic) bond motifs is 1. The van der Waals surface area contributed by atoms with E-state index in [4.69, 9.17) is 0 Å². The Bertz CT molecular complexity index is 554. The summed E-state index contributed by atoms with van der Waals surface area (Å²) in [5.41, 5.74) is 1.72. The monoisotopic (exact) mass is 319 g/mol. The predicted molar refractivity (Wildman–Crippen MR) is 79.1 cm³/mol. The number of halogens is 3. The van der Waals surface area contributed by atoms with Crippen molar-refractivity contribution in [2.75, 3.05) is 5.32 Å².